The van der Waals surface area contributed by atoms with E-state index in [9.17, 15) is 27.6 Å². The van der Waals surface area contributed by atoms with Crippen LogP contribution in [0.15, 0.2) is 52.2 Å². The van der Waals surface area contributed by atoms with Gasteiger partial charge < -0.3 is 30.8 Å². The molecular formula is C25H29N5O8S2. The number of thiophene rings is 1. The van der Waals surface area contributed by atoms with Crippen molar-refractivity contribution < 1.29 is 37.4 Å². The van der Waals surface area contributed by atoms with Crippen molar-refractivity contribution in [3.8, 4) is 0 Å². The van der Waals surface area contributed by atoms with Gasteiger partial charge in [-0.2, -0.15) is 0 Å². The number of carboxylic acids is 1. The number of primary amides is 1. The molecule has 4 rings (SSSR count). The number of carboxylic acid groups (broad SMARTS) is 1. The summed E-state index contributed by atoms with van der Waals surface area (Å²) in [5.41, 5.74) is 7.21. The number of likely N-dealkylation sites (tertiary alicyclic amines) is 1. The number of carbonyl (C=O) groups excluding carboxylic acids is 3. The molecule has 1 aliphatic rings. The normalized spacial score (nSPS) is 18.4. The summed E-state index contributed by atoms with van der Waals surface area (Å²) in [6, 6.07) is 7.51. The van der Waals surface area contributed by atoms with Crippen molar-refractivity contribution in [2.24, 2.45) is 5.73 Å². The van der Waals surface area contributed by atoms with E-state index in [2.05, 4.69) is 15.0 Å². The van der Waals surface area contributed by atoms with E-state index in [1.807, 2.05) is 24.3 Å². The first kappa shape index (κ1) is 29.2. The van der Waals surface area contributed by atoms with Crippen LogP contribution < -0.4 is 15.8 Å². The Morgan fingerprint density at radius 1 is 1.18 bits per heavy atom. The van der Waals surface area contributed by atoms with Crippen LogP contribution in [0.3, 0.4) is 0 Å². The Bertz CT molecular complexity index is 1490. The Labute approximate surface area is 233 Å². The number of nitrogens with one attached hydrogen (secondary N) is 3. The highest BCUT2D eigenvalue weighted by atomic mass is 32.2. The van der Waals surface area contributed by atoms with Crippen molar-refractivity contribution in [3.05, 3.63) is 53.5 Å². The van der Waals surface area contributed by atoms with Crippen molar-refractivity contribution in [2.45, 2.75) is 41.6 Å². The maximum Gasteiger partial charge on any atom is 0.329 e. The van der Waals surface area contributed by atoms with E-state index in [-0.39, 0.29) is 30.0 Å². The van der Waals surface area contributed by atoms with Crippen LogP contribution in [0, 0.1) is 0 Å². The van der Waals surface area contributed by atoms with E-state index < -0.39 is 65.1 Å². The summed E-state index contributed by atoms with van der Waals surface area (Å²) >= 11 is 1.04. The van der Waals surface area contributed by atoms with Crippen molar-refractivity contribution in [3.63, 3.8) is 0 Å². The molecule has 1 fully saturated rings. The van der Waals surface area contributed by atoms with Gasteiger partial charge in [0.15, 0.2) is 0 Å². The van der Waals surface area contributed by atoms with Gasteiger partial charge >= 0.3 is 5.97 Å². The maximum atomic E-state index is 13.5. The molecule has 0 unspecified atom stereocenters. The lowest BCUT2D eigenvalue weighted by atomic mass is 9.96. The van der Waals surface area contributed by atoms with Gasteiger partial charge in [0.05, 0.1) is 0 Å². The average Bonchev–Trinajstić information content (AvgIpc) is 3.59. The third-order valence-corrected chi connectivity index (χ3v) is 9.44. The number of nitrogens with zero attached hydrogens (tertiary/aromatic N) is 1. The lowest BCUT2D eigenvalue weighted by molar-refractivity contribution is -0.150. The molecule has 1 aliphatic heterocycles. The minimum absolute atomic E-state index is 0.00529. The SMILES string of the molecule is NC(=O)[C@@H](Cc1c[nH]c2ccccc12)NC(=O)[C@@H]1C[C@@H](NS(=O)(=O)c2cccs2)CCN1C(=O)COCC(=O)O. The predicted octanol–water partition coefficient (Wildman–Crippen LogP) is 0.181. The van der Waals surface area contributed by atoms with Crippen LogP contribution in [-0.4, -0.2) is 85.0 Å². The fraction of sp³-hybridized carbons (Fsp3) is 0.360. The summed E-state index contributed by atoms with van der Waals surface area (Å²) in [6.45, 7) is -1.29. The third-order valence-electron chi connectivity index (χ3n) is 6.52. The Balaban J connectivity index is 1.52. The second-order valence-corrected chi connectivity index (χ2v) is 12.2. The van der Waals surface area contributed by atoms with Crippen LogP contribution in [0.25, 0.3) is 10.9 Å². The average molecular weight is 592 g/mol. The summed E-state index contributed by atoms with van der Waals surface area (Å²) in [5, 5.41) is 13.9. The number of rotatable bonds is 12. The van der Waals surface area contributed by atoms with Gasteiger partial charge in [0.2, 0.25) is 27.7 Å². The molecule has 0 bridgehead atoms. The quantitative estimate of drug-likeness (QED) is 0.196. The first-order valence-electron chi connectivity index (χ1n) is 12.3. The molecule has 3 aromatic rings. The number of piperidine rings is 1. The molecule has 13 nitrogen and oxygen atoms in total. The van der Waals surface area contributed by atoms with Crippen LogP contribution in [0.1, 0.15) is 18.4 Å². The van der Waals surface area contributed by atoms with E-state index in [1.165, 1.54) is 11.0 Å². The third kappa shape index (κ3) is 7.04. The number of amides is 3. The summed E-state index contributed by atoms with van der Waals surface area (Å²) in [6.07, 6.45) is 1.92. The van der Waals surface area contributed by atoms with E-state index in [0.717, 1.165) is 27.8 Å². The van der Waals surface area contributed by atoms with E-state index in [0.29, 0.717) is 0 Å². The fourth-order valence-electron chi connectivity index (χ4n) is 4.63. The molecule has 214 valence electrons. The molecular weight excluding hydrogens is 562 g/mol. The van der Waals surface area contributed by atoms with Crippen molar-refractivity contribution in [1.82, 2.24) is 19.9 Å². The number of aromatic nitrogens is 1. The minimum atomic E-state index is -3.85. The zero-order valence-electron chi connectivity index (χ0n) is 21.2. The van der Waals surface area contributed by atoms with Gasteiger partial charge in [-0.1, -0.05) is 24.3 Å². The number of ether oxygens (including phenoxy) is 1. The first-order chi connectivity index (χ1) is 19.0. The fourth-order valence-corrected chi connectivity index (χ4v) is 6.93. The van der Waals surface area contributed by atoms with E-state index in [1.54, 1.807) is 17.6 Å². The number of para-hydroxylation sites is 1. The number of carbonyl (C=O) groups is 4. The smallest absolute Gasteiger partial charge is 0.329 e. The number of benzene rings is 1. The number of sulfonamides is 1. The lowest BCUT2D eigenvalue weighted by Crippen LogP contribution is -2.60. The standard InChI is InChI=1S/C25H29N5O8S2/c26-24(34)19(10-15-12-27-18-5-2-1-4-17(15)18)28-25(35)20-11-16(29-40(36,37)23-6-3-9-39-23)7-8-30(20)21(31)13-38-14-22(32)33/h1-6,9,12,16,19-20,27,29H,7-8,10-11,13-14H2,(H2,26,34)(H,28,35)(H,32,33)/t16-,19+,20-/m0/s1. The number of nitrogens with two attached hydrogens (primary N) is 1. The van der Waals surface area contributed by atoms with Crippen molar-refractivity contribution in [1.29, 1.82) is 0 Å². The summed E-state index contributed by atoms with van der Waals surface area (Å²) in [5.74, 6) is -3.39. The summed E-state index contributed by atoms with van der Waals surface area (Å²) in [4.78, 5) is 53.8. The van der Waals surface area contributed by atoms with Crippen molar-refractivity contribution in [2.75, 3.05) is 19.8 Å². The Morgan fingerprint density at radius 2 is 1.95 bits per heavy atom. The number of hydrogen-bond acceptors (Lipinski definition) is 8. The second kappa shape index (κ2) is 12.6. The second-order valence-electron chi connectivity index (χ2n) is 9.29. The molecule has 0 saturated carbocycles. The Kier molecular flexibility index (Phi) is 9.19. The van der Waals surface area contributed by atoms with Crippen LogP contribution in [0.4, 0.5) is 0 Å². The maximum absolute atomic E-state index is 13.5. The van der Waals surface area contributed by atoms with Crippen molar-refractivity contribution >= 4 is 56.0 Å². The monoisotopic (exact) mass is 591 g/mol. The minimum Gasteiger partial charge on any atom is -0.480 e. The topological polar surface area (TPSA) is 201 Å². The van der Waals surface area contributed by atoms with E-state index >= 15 is 0 Å². The number of H-pyrrole nitrogens is 1. The van der Waals surface area contributed by atoms with Crippen LogP contribution >= 0.6 is 11.3 Å². The molecule has 0 spiro atoms. The molecule has 40 heavy (non-hydrogen) atoms. The van der Waals surface area contributed by atoms with Gasteiger partial charge in [-0.3, -0.25) is 14.4 Å². The summed E-state index contributed by atoms with van der Waals surface area (Å²) in [7, 11) is -3.85. The molecule has 3 atom stereocenters. The number of hydrogen-bond donors (Lipinski definition) is 5. The zero-order chi connectivity index (χ0) is 28.9. The Hall–Kier alpha value is -3.79. The highest BCUT2D eigenvalue weighted by molar-refractivity contribution is 7.91. The zero-order valence-corrected chi connectivity index (χ0v) is 22.9. The number of fused-ring (bicyclic) bond motifs is 1. The van der Waals surface area contributed by atoms with Crippen LogP contribution in [0.5, 0.6) is 0 Å². The predicted molar refractivity (Wildman–Crippen MR) is 145 cm³/mol. The largest absolute Gasteiger partial charge is 0.480 e. The lowest BCUT2D eigenvalue weighted by Gasteiger charge is -2.39. The van der Waals surface area contributed by atoms with Gasteiger partial charge in [-0.15, -0.1) is 11.3 Å². The van der Waals surface area contributed by atoms with Gasteiger partial charge in [0.25, 0.3) is 0 Å². The highest BCUT2D eigenvalue weighted by Crippen LogP contribution is 2.23. The molecule has 1 saturated heterocycles. The molecule has 3 amide bonds. The van der Waals surface area contributed by atoms with Crippen LogP contribution in [0.2, 0.25) is 0 Å². The number of aliphatic carboxylic acids is 1. The molecule has 6 N–H and O–H groups in total. The van der Waals surface area contributed by atoms with E-state index in [4.69, 9.17) is 15.6 Å². The highest BCUT2D eigenvalue weighted by Gasteiger charge is 2.39. The number of aromatic amines is 1. The van der Waals surface area contributed by atoms with Gasteiger partial charge in [0, 0.05) is 36.1 Å². The molecule has 1 aromatic carbocycles. The molecule has 3 heterocycles. The molecule has 15 heteroatoms. The summed E-state index contributed by atoms with van der Waals surface area (Å²) < 4.78 is 33.2. The molecule has 0 radical (unpaired) electrons. The Morgan fingerprint density at radius 3 is 2.65 bits per heavy atom. The molecule has 2 aromatic heterocycles. The van der Waals surface area contributed by atoms with Gasteiger partial charge in [-0.25, -0.2) is 17.9 Å². The molecule has 0 aliphatic carbocycles. The van der Waals surface area contributed by atoms with Gasteiger partial charge in [0.1, 0.15) is 29.5 Å². The van der Waals surface area contributed by atoms with Gasteiger partial charge in [-0.05, 0) is 35.9 Å². The first-order valence-corrected chi connectivity index (χ1v) is 14.7. The van der Waals surface area contributed by atoms with Crippen LogP contribution in [-0.2, 0) is 40.4 Å².